The van der Waals surface area contributed by atoms with Gasteiger partial charge in [-0.1, -0.05) is 30.3 Å². The molecule has 0 unspecified atom stereocenters. The number of fused-ring (bicyclic) bond motifs is 1. The first-order valence-electron chi connectivity index (χ1n) is 12.4. The highest BCUT2D eigenvalue weighted by atomic mass is 32.2. The van der Waals surface area contributed by atoms with Gasteiger partial charge in [0.1, 0.15) is 17.7 Å². The molecule has 10 heteroatoms. The van der Waals surface area contributed by atoms with Gasteiger partial charge in [0.25, 0.3) is 0 Å². The van der Waals surface area contributed by atoms with Crippen LogP contribution in [0.5, 0.6) is 0 Å². The fourth-order valence-corrected chi connectivity index (χ4v) is 6.23. The van der Waals surface area contributed by atoms with Crippen LogP contribution in [0.2, 0.25) is 0 Å². The number of benzene rings is 1. The van der Waals surface area contributed by atoms with Crippen LogP contribution >= 0.6 is 0 Å². The number of carbonyl (C=O) groups excluding carboxylic acids is 1. The lowest BCUT2D eigenvalue weighted by atomic mass is 10.1. The molecule has 0 N–H and O–H groups in total. The van der Waals surface area contributed by atoms with E-state index < -0.39 is 15.6 Å². The van der Waals surface area contributed by atoms with Gasteiger partial charge in [-0.3, -0.25) is 0 Å². The zero-order chi connectivity index (χ0) is 25.7. The second kappa shape index (κ2) is 9.06. The SMILES string of the molecule is C[C@H]1CN(C(=O)OC(C)(C)C)CCN1c1ncnc2c1c(C1CC1)cn2S(=O)(=O)Cc1ccccc1. The van der Waals surface area contributed by atoms with E-state index in [4.69, 9.17) is 4.74 Å². The lowest BCUT2D eigenvalue weighted by molar-refractivity contribution is 0.0218. The van der Waals surface area contributed by atoms with Crippen LogP contribution in [0.25, 0.3) is 11.0 Å². The van der Waals surface area contributed by atoms with E-state index in [0.29, 0.717) is 31.2 Å². The van der Waals surface area contributed by atoms with Crippen LogP contribution < -0.4 is 4.90 Å². The molecule has 1 aliphatic heterocycles. The summed E-state index contributed by atoms with van der Waals surface area (Å²) in [5, 5.41) is 0.800. The number of ether oxygens (including phenoxy) is 1. The molecular formula is C26H33N5O4S. The summed E-state index contributed by atoms with van der Waals surface area (Å²) in [6.07, 6.45) is 4.91. The van der Waals surface area contributed by atoms with Crippen LogP contribution in [-0.4, -0.2) is 64.6 Å². The zero-order valence-corrected chi connectivity index (χ0v) is 22.0. The molecule has 1 aromatic carbocycles. The van der Waals surface area contributed by atoms with Crippen molar-refractivity contribution in [2.24, 2.45) is 0 Å². The van der Waals surface area contributed by atoms with E-state index in [-0.39, 0.29) is 17.9 Å². The molecule has 3 heterocycles. The van der Waals surface area contributed by atoms with Gasteiger partial charge in [0.2, 0.25) is 10.0 Å². The maximum atomic E-state index is 13.5. The van der Waals surface area contributed by atoms with Crippen molar-refractivity contribution in [2.45, 2.75) is 63.9 Å². The van der Waals surface area contributed by atoms with Crippen LogP contribution in [0.3, 0.4) is 0 Å². The van der Waals surface area contributed by atoms with Gasteiger partial charge in [-0.05, 0) is 57.6 Å². The van der Waals surface area contributed by atoms with Gasteiger partial charge in [0, 0.05) is 31.9 Å². The fourth-order valence-electron chi connectivity index (χ4n) is 4.80. The Bertz CT molecular complexity index is 1380. The lowest BCUT2D eigenvalue weighted by Crippen LogP contribution is -2.54. The molecule has 1 aliphatic carbocycles. The van der Waals surface area contributed by atoms with Gasteiger partial charge in [0.15, 0.2) is 5.65 Å². The van der Waals surface area contributed by atoms with Gasteiger partial charge in [-0.25, -0.2) is 27.2 Å². The Labute approximate surface area is 212 Å². The Morgan fingerprint density at radius 2 is 1.83 bits per heavy atom. The smallest absolute Gasteiger partial charge is 0.410 e. The minimum Gasteiger partial charge on any atom is -0.444 e. The van der Waals surface area contributed by atoms with E-state index in [2.05, 4.69) is 14.9 Å². The molecule has 192 valence electrons. The molecular weight excluding hydrogens is 478 g/mol. The third kappa shape index (κ3) is 4.91. The Morgan fingerprint density at radius 1 is 1.11 bits per heavy atom. The molecule has 0 spiro atoms. The summed E-state index contributed by atoms with van der Waals surface area (Å²) in [5.41, 5.74) is 1.58. The van der Waals surface area contributed by atoms with Crippen molar-refractivity contribution in [3.05, 3.63) is 54.0 Å². The number of hydrogen-bond acceptors (Lipinski definition) is 7. The number of rotatable bonds is 5. The first-order valence-corrected chi connectivity index (χ1v) is 14.0. The van der Waals surface area contributed by atoms with Crippen molar-refractivity contribution >= 4 is 33.0 Å². The topological polar surface area (TPSA) is 97.6 Å². The molecule has 3 aromatic rings. The number of nitrogens with zero attached hydrogens (tertiary/aromatic N) is 5. The molecule has 1 saturated heterocycles. The average molecular weight is 512 g/mol. The third-order valence-electron chi connectivity index (χ3n) is 6.62. The van der Waals surface area contributed by atoms with E-state index in [1.54, 1.807) is 11.1 Å². The second-order valence-electron chi connectivity index (χ2n) is 10.8. The van der Waals surface area contributed by atoms with E-state index in [1.165, 1.54) is 10.3 Å². The van der Waals surface area contributed by atoms with Crippen LogP contribution in [0.4, 0.5) is 10.6 Å². The monoisotopic (exact) mass is 511 g/mol. The molecule has 9 nitrogen and oxygen atoms in total. The van der Waals surface area contributed by atoms with Crippen molar-refractivity contribution in [1.82, 2.24) is 18.8 Å². The number of amides is 1. The van der Waals surface area contributed by atoms with Crippen molar-refractivity contribution < 1.29 is 17.9 Å². The largest absolute Gasteiger partial charge is 0.444 e. The Kier molecular flexibility index (Phi) is 6.18. The molecule has 1 amide bonds. The predicted molar refractivity (Wildman–Crippen MR) is 139 cm³/mol. The maximum Gasteiger partial charge on any atom is 0.410 e. The summed E-state index contributed by atoms with van der Waals surface area (Å²) < 4.78 is 33.9. The van der Waals surface area contributed by atoms with Crippen LogP contribution in [0.1, 0.15) is 57.6 Å². The molecule has 2 fully saturated rings. The Morgan fingerprint density at radius 3 is 2.47 bits per heavy atom. The van der Waals surface area contributed by atoms with Crippen LogP contribution in [0, 0.1) is 0 Å². The van der Waals surface area contributed by atoms with Gasteiger partial charge >= 0.3 is 6.09 Å². The second-order valence-corrected chi connectivity index (χ2v) is 12.6. The summed E-state index contributed by atoms with van der Waals surface area (Å²) in [6.45, 7) is 9.18. The minimum absolute atomic E-state index is 0.0271. The number of anilines is 1. The molecule has 36 heavy (non-hydrogen) atoms. The summed E-state index contributed by atoms with van der Waals surface area (Å²) in [7, 11) is -3.68. The molecule has 0 bridgehead atoms. The standard InChI is InChI=1S/C26H33N5O4S/c1-18-14-29(25(32)35-26(2,3)4)12-13-30(18)23-22-21(20-10-11-20)15-31(24(22)28-17-27-23)36(33,34)16-19-8-6-5-7-9-19/h5-9,15,17-18,20H,10-14,16H2,1-4H3/t18-/m0/s1. The van der Waals surface area contributed by atoms with E-state index in [0.717, 1.165) is 35.2 Å². The number of hydrogen-bond donors (Lipinski definition) is 0. The third-order valence-corrected chi connectivity index (χ3v) is 8.20. The van der Waals surface area contributed by atoms with Gasteiger partial charge < -0.3 is 14.5 Å². The zero-order valence-electron chi connectivity index (χ0n) is 21.2. The normalized spacial score (nSPS) is 19.1. The summed E-state index contributed by atoms with van der Waals surface area (Å²) >= 11 is 0. The number of piperazine rings is 1. The van der Waals surface area contributed by atoms with Crippen molar-refractivity contribution in [1.29, 1.82) is 0 Å². The summed E-state index contributed by atoms with van der Waals surface area (Å²) in [6, 6.07) is 9.16. The lowest BCUT2D eigenvalue weighted by Gasteiger charge is -2.41. The van der Waals surface area contributed by atoms with E-state index in [9.17, 15) is 13.2 Å². The van der Waals surface area contributed by atoms with Crippen molar-refractivity contribution in [2.75, 3.05) is 24.5 Å². The molecule has 1 atom stereocenters. The average Bonchev–Trinajstić information content (AvgIpc) is 3.57. The molecule has 2 aliphatic rings. The molecule has 0 radical (unpaired) electrons. The van der Waals surface area contributed by atoms with E-state index >= 15 is 0 Å². The fraction of sp³-hybridized carbons (Fsp3) is 0.500. The highest BCUT2D eigenvalue weighted by Gasteiger charge is 2.36. The van der Waals surface area contributed by atoms with Crippen LogP contribution in [0.15, 0.2) is 42.9 Å². The Hall–Kier alpha value is -3.14. The van der Waals surface area contributed by atoms with Crippen molar-refractivity contribution in [3.8, 4) is 0 Å². The quantitative estimate of drug-likeness (QED) is 0.508. The highest BCUT2D eigenvalue weighted by Crippen LogP contribution is 2.46. The minimum atomic E-state index is -3.68. The molecule has 5 rings (SSSR count). The van der Waals surface area contributed by atoms with Gasteiger partial charge in [0.05, 0.1) is 11.1 Å². The number of carbonyl (C=O) groups is 1. The van der Waals surface area contributed by atoms with Crippen LogP contribution in [-0.2, 0) is 20.5 Å². The first-order chi connectivity index (χ1) is 17.0. The molecule has 1 saturated carbocycles. The summed E-state index contributed by atoms with van der Waals surface area (Å²) in [5.74, 6) is 0.933. The predicted octanol–water partition coefficient (Wildman–Crippen LogP) is 4.13. The van der Waals surface area contributed by atoms with Crippen molar-refractivity contribution in [3.63, 3.8) is 0 Å². The number of aromatic nitrogens is 3. The highest BCUT2D eigenvalue weighted by molar-refractivity contribution is 7.89. The first kappa shape index (κ1) is 24.5. The Balaban J connectivity index is 1.49. The van der Waals surface area contributed by atoms with E-state index in [1.807, 2.05) is 58.0 Å². The summed E-state index contributed by atoms with van der Waals surface area (Å²) in [4.78, 5) is 25.6. The van der Waals surface area contributed by atoms with Gasteiger partial charge in [-0.15, -0.1) is 0 Å². The maximum absolute atomic E-state index is 13.5. The molecule has 2 aromatic heterocycles. The van der Waals surface area contributed by atoms with Gasteiger partial charge in [-0.2, -0.15) is 0 Å².